The molecule has 2 aromatic rings. The lowest BCUT2D eigenvalue weighted by molar-refractivity contribution is 0.351. The Balaban J connectivity index is 2.09. The van der Waals surface area contributed by atoms with Gasteiger partial charge in [-0.2, -0.15) is 0 Å². The Labute approximate surface area is 125 Å². The molecule has 0 amide bonds. The van der Waals surface area contributed by atoms with E-state index in [4.69, 9.17) is 15.2 Å². The highest BCUT2D eigenvalue weighted by atomic mass is 32.1. The van der Waals surface area contributed by atoms with Crippen molar-refractivity contribution < 1.29 is 13.9 Å². The smallest absolute Gasteiger partial charge is 0.180 e. The van der Waals surface area contributed by atoms with Crippen molar-refractivity contribution in [1.82, 2.24) is 10.3 Å². The first-order valence-corrected chi connectivity index (χ1v) is 7.33. The summed E-state index contributed by atoms with van der Waals surface area (Å²) in [4.78, 5) is 5.30. The molecule has 112 valence electrons. The highest BCUT2D eigenvalue weighted by Crippen LogP contribution is 2.40. The first kappa shape index (κ1) is 14.1. The van der Waals surface area contributed by atoms with Crippen molar-refractivity contribution in [1.29, 1.82) is 0 Å². The molecule has 0 radical (unpaired) electrons. The molecule has 1 aromatic heterocycles. The van der Waals surface area contributed by atoms with Crippen LogP contribution in [-0.4, -0.2) is 25.7 Å². The average Bonchev–Trinajstić information content (AvgIpc) is 2.87. The van der Waals surface area contributed by atoms with Crippen LogP contribution in [0.15, 0.2) is 12.1 Å². The van der Waals surface area contributed by atoms with Crippen LogP contribution in [-0.2, 0) is 6.54 Å². The van der Waals surface area contributed by atoms with Crippen molar-refractivity contribution in [3.8, 4) is 11.5 Å². The first-order valence-electron chi connectivity index (χ1n) is 6.51. The number of anilines is 1. The lowest BCUT2D eigenvalue weighted by Gasteiger charge is -2.24. The van der Waals surface area contributed by atoms with E-state index in [1.807, 2.05) is 0 Å². The number of fused-ring (bicyclic) bond motifs is 1. The Bertz CT molecular complexity index is 674. The standard InChI is InChI=1S/C14H16FN3O2S/c1-19-11-3-7(9(15)4-12(11)20-2)8-5-17-6-10-13(8)21-14(16)18-10/h3-4,8,17H,5-6H2,1-2H3,(H2,16,18). The molecule has 0 saturated carbocycles. The van der Waals surface area contributed by atoms with Gasteiger partial charge in [-0.1, -0.05) is 0 Å². The molecular weight excluding hydrogens is 293 g/mol. The number of thiazole rings is 1. The predicted octanol–water partition coefficient (Wildman–Crippen LogP) is 2.12. The number of nitrogens with one attached hydrogen (secondary N) is 1. The van der Waals surface area contributed by atoms with Crippen LogP contribution < -0.4 is 20.5 Å². The molecule has 1 aromatic carbocycles. The van der Waals surface area contributed by atoms with E-state index in [2.05, 4.69) is 10.3 Å². The molecule has 1 atom stereocenters. The molecule has 1 unspecified atom stereocenters. The molecule has 0 aliphatic carbocycles. The third kappa shape index (κ3) is 2.43. The number of rotatable bonds is 3. The molecule has 2 heterocycles. The van der Waals surface area contributed by atoms with Gasteiger partial charge >= 0.3 is 0 Å². The topological polar surface area (TPSA) is 69.4 Å². The fraction of sp³-hybridized carbons (Fsp3) is 0.357. The first-order chi connectivity index (χ1) is 10.1. The van der Waals surface area contributed by atoms with Gasteiger partial charge in [-0.15, -0.1) is 11.3 Å². The van der Waals surface area contributed by atoms with Gasteiger partial charge in [-0.3, -0.25) is 0 Å². The fourth-order valence-electron chi connectivity index (χ4n) is 2.60. The van der Waals surface area contributed by atoms with E-state index in [9.17, 15) is 4.39 Å². The molecule has 1 aliphatic rings. The molecule has 0 spiro atoms. The number of halogens is 1. The Morgan fingerprint density at radius 3 is 2.76 bits per heavy atom. The minimum Gasteiger partial charge on any atom is -0.493 e. The van der Waals surface area contributed by atoms with E-state index >= 15 is 0 Å². The number of nitrogens with zero attached hydrogens (tertiary/aromatic N) is 1. The van der Waals surface area contributed by atoms with E-state index < -0.39 is 0 Å². The van der Waals surface area contributed by atoms with E-state index in [1.165, 1.54) is 31.6 Å². The van der Waals surface area contributed by atoms with Crippen molar-refractivity contribution in [2.24, 2.45) is 0 Å². The third-order valence-corrected chi connectivity index (χ3v) is 4.62. The average molecular weight is 309 g/mol. The van der Waals surface area contributed by atoms with Gasteiger partial charge < -0.3 is 20.5 Å². The highest BCUT2D eigenvalue weighted by Gasteiger charge is 2.28. The van der Waals surface area contributed by atoms with Crippen LogP contribution in [0.1, 0.15) is 22.1 Å². The maximum atomic E-state index is 14.4. The second-order valence-corrected chi connectivity index (χ2v) is 5.84. The minimum atomic E-state index is -0.320. The Morgan fingerprint density at radius 2 is 2.05 bits per heavy atom. The number of ether oxygens (including phenoxy) is 2. The van der Waals surface area contributed by atoms with Crippen LogP contribution in [0.25, 0.3) is 0 Å². The number of hydrogen-bond donors (Lipinski definition) is 2. The van der Waals surface area contributed by atoms with Gasteiger partial charge in [-0.25, -0.2) is 9.37 Å². The van der Waals surface area contributed by atoms with Crippen LogP contribution >= 0.6 is 11.3 Å². The summed E-state index contributed by atoms with van der Waals surface area (Å²) in [5.41, 5.74) is 7.23. The number of methoxy groups -OCH3 is 2. The fourth-order valence-corrected chi connectivity index (χ4v) is 3.57. The number of nitrogen functional groups attached to an aromatic ring is 1. The summed E-state index contributed by atoms with van der Waals surface area (Å²) in [6.07, 6.45) is 0. The molecule has 3 N–H and O–H groups in total. The molecule has 3 rings (SSSR count). The zero-order valence-electron chi connectivity index (χ0n) is 11.8. The predicted molar refractivity (Wildman–Crippen MR) is 79.6 cm³/mol. The van der Waals surface area contributed by atoms with E-state index in [-0.39, 0.29) is 11.7 Å². The molecule has 1 aliphatic heterocycles. The largest absolute Gasteiger partial charge is 0.493 e. The maximum absolute atomic E-state index is 14.4. The summed E-state index contributed by atoms with van der Waals surface area (Å²) in [7, 11) is 3.02. The Kier molecular flexibility index (Phi) is 3.69. The number of aromatic nitrogens is 1. The number of nitrogens with two attached hydrogens (primary N) is 1. The van der Waals surface area contributed by atoms with Crippen LogP contribution in [0.5, 0.6) is 11.5 Å². The normalized spacial score (nSPS) is 17.4. The van der Waals surface area contributed by atoms with Crippen molar-refractivity contribution in [2.75, 3.05) is 26.5 Å². The van der Waals surface area contributed by atoms with Gasteiger partial charge in [-0.05, 0) is 6.07 Å². The monoisotopic (exact) mass is 309 g/mol. The second-order valence-electron chi connectivity index (χ2n) is 4.78. The van der Waals surface area contributed by atoms with Crippen LogP contribution in [0, 0.1) is 5.82 Å². The summed E-state index contributed by atoms with van der Waals surface area (Å²) in [6, 6.07) is 3.04. The summed E-state index contributed by atoms with van der Waals surface area (Å²) in [6.45, 7) is 1.30. The van der Waals surface area contributed by atoms with Gasteiger partial charge in [0.05, 0.1) is 19.9 Å². The van der Waals surface area contributed by atoms with Gasteiger partial charge in [0.1, 0.15) is 5.82 Å². The molecule has 0 fully saturated rings. The molecule has 5 nitrogen and oxygen atoms in total. The van der Waals surface area contributed by atoms with Crippen LogP contribution in [0.2, 0.25) is 0 Å². The third-order valence-electron chi connectivity index (χ3n) is 3.58. The summed E-state index contributed by atoms with van der Waals surface area (Å²) in [5, 5.41) is 3.75. The van der Waals surface area contributed by atoms with Gasteiger partial charge in [0.25, 0.3) is 0 Å². The molecule has 0 bridgehead atoms. The van der Waals surface area contributed by atoms with Crippen molar-refractivity contribution in [2.45, 2.75) is 12.5 Å². The Morgan fingerprint density at radius 1 is 1.33 bits per heavy atom. The minimum absolute atomic E-state index is 0.122. The Hall–Kier alpha value is -1.86. The second kappa shape index (κ2) is 5.50. The quantitative estimate of drug-likeness (QED) is 0.909. The molecule has 7 heteroatoms. The lowest BCUT2D eigenvalue weighted by Crippen LogP contribution is -2.28. The van der Waals surface area contributed by atoms with Gasteiger partial charge in [0, 0.05) is 35.5 Å². The molecule has 21 heavy (non-hydrogen) atoms. The SMILES string of the molecule is COc1cc(F)c(C2CNCc3nc(N)sc32)cc1OC. The van der Waals surface area contributed by atoms with Crippen molar-refractivity contribution in [3.05, 3.63) is 34.1 Å². The molecular formula is C14H16FN3O2S. The summed E-state index contributed by atoms with van der Waals surface area (Å²) < 4.78 is 24.8. The summed E-state index contributed by atoms with van der Waals surface area (Å²) >= 11 is 1.41. The van der Waals surface area contributed by atoms with Gasteiger partial charge in [0.2, 0.25) is 0 Å². The highest BCUT2D eigenvalue weighted by molar-refractivity contribution is 7.15. The zero-order valence-corrected chi connectivity index (χ0v) is 12.6. The zero-order chi connectivity index (χ0) is 15.0. The lowest BCUT2D eigenvalue weighted by atomic mass is 9.93. The van der Waals surface area contributed by atoms with E-state index in [0.29, 0.717) is 35.3 Å². The van der Waals surface area contributed by atoms with Crippen molar-refractivity contribution in [3.63, 3.8) is 0 Å². The van der Waals surface area contributed by atoms with E-state index in [0.717, 1.165) is 10.6 Å². The number of hydrogen-bond acceptors (Lipinski definition) is 6. The summed E-state index contributed by atoms with van der Waals surface area (Å²) in [5.74, 6) is 0.452. The van der Waals surface area contributed by atoms with Crippen LogP contribution in [0.4, 0.5) is 9.52 Å². The van der Waals surface area contributed by atoms with Crippen LogP contribution in [0.3, 0.4) is 0 Å². The van der Waals surface area contributed by atoms with E-state index in [1.54, 1.807) is 6.07 Å². The van der Waals surface area contributed by atoms with Crippen molar-refractivity contribution >= 4 is 16.5 Å². The van der Waals surface area contributed by atoms with Gasteiger partial charge in [0.15, 0.2) is 16.6 Å². The number of benzene rings is 1. The molecule has 0 saturated heterocycles. The maximum Gasteiger partial charge on any atom is 0.180 e.